The lowest BCUT2D eigenvalue weighted by Gasteiger charge is -2.27. The van der Waals surface area contributed by atoms with Crippen molar-refractivity contribution in [2.75, 3.05) is 6.54 Å². The molecule has 1 aliphatic heterocycles. The Labute approximate surface area is 139 Å². The van der Waals surface area contributed by atoms with E-state index in [0.717, 1.165) is 29.9 Å². The van der Waals surface area contributed by atoms with Crippen molar-refractivity contribution < 1.29 is 4.79 Å². The number of hydrogen-bond donors (Lipinski definition) is 2. The fraction of sp³-hybridized carbons (Fsp3) is 0.278. The predicted octanol–water partition coefficient (Wildman–Crippen LogP) is 2.56. The summed E-state index contributed by atoms with van der Waals surface area (Å²) < 4.78 is 0. The maximum absolute atomic E-state index is 12.9. The minimum absolute atomic E-state index is 0.0531. The summed E-state index contributed by atoms with van der Waals surface area (Å²) in [5.41, 5.74) is 5.02. The zero-order chi connectivity index (χ0) is 16.5. The molecule has 1 amide bonds. The molecule has 0 saturated carbocycles. The predicted molar refractivity (Wildman–Crippen MR) is 90.4 cm³/mol. The minimum atomic E-state index is 0.0531. The first-order valence-electron chi connectivity index (χ1n) is 8.20. The highest BCUT2D eigenvalue weighted by Gasteiger charge is 2.25. The van der Waals surface area contributed by atoms with Crippen LogP contribution in [0.5, 0.6) is 0 Å². The summed E-state index contributed by atoms with van der Waals surface area (Å²) in [7, 11) is 0. The van der Waals surface area contributed by atoms with Crippen LogP contribution in [-0.4, -0.2) is 37.5 Å². The zero-order valence-corrected chi connectivity index (χ0v) is 13.5. The zero-order valence-electron chi connectivity index (χ0n) is 13.5. The average Bonchev–Trinajstić information content (AvgIpc) is 3.30. The molecule has 1 aromatic carbocycles. The van der Waals surface area contributed by atoms with Gasteiger partial charge in [0.2, 0.25) is 0 Å². The molecule has 3 aromatic rings. The summed E-state index contributed by atoms with van der Waals surface area (Å²) in [5, 5.41) is 7.46. The number of aryl methyl sites for hydroxylation is 1. The van der Waals surface area contributed by atoms with Gasteiger partial charge >= 0.3 is 0 Å². The third kappa shape index (κ3) is 2.50. The van der Waals surface area contributed by atoms with E-state index in [0.29, 0.717) is 18.7 Å². The molecule has 0 fully saturated rings. The van der Waals surface area contributed by atoms with Crippen LogP contribution in [0.3, 0.4) is 0 Å². The van der Waals surface area contributed by atoms with Gasteiger partial charge in [-0.1, -0.05) is 19.1 Å². The lowest BCUT2D eigenvalue weighted by atomic mass is 10.0. The van der Waals surface area contributed by atoms with Gasteiger partial charge in [-0.15, -0.1) is 0 Å². The van der Waals surface area contributed by atoms with E-state index >= 15 is 0 Å². The molecule has 3 heterocycles. The van der Waals surface area contributed by atoms with E-state index in [-0.39, 0.29) is 5.91 Å². The number of carbonyl (C=O) groups excluding carboxylic acids is 1. The van der Waals surface area contributed by atoms with Crippen molar-refractivity contribution in [3.63, 3.8) is 0 Å². The summed E-state index contributed by atoms with van der Waals surface area (Å²) in [6.45, 7) is 3.42. The fourth-order valence-electron chi connectivity index (χ4n) is 3.23. The van der Waals surface area contributed by atoms with Crippen LogP contribution in [0.1, 0.15) is 34.2 Å². The average molecular weight is 321 g/mol. The number of imidazole rings is 1. The molecule has 0 radical (unpaired) electrons. The quantitative estimate of drug-likeness (QED) is 0.778. The lowest BCUT2D eigenvalue weighted by Crippen LogP contribution is -2.36. The topological polar surface area (TPSA) is 77.7 Å². The minimum Gasteiger partial charge on any atom is -0.345 e. The van der Waals surface area contributed by atoms with Crippen molar-refractivity contribution in [3.05, 3.63) is 59.2 Å². The Morgan fingerprint density at radius 1 is 1.38 bits per heavy atom. The van der Waals surface area contributed by atoms with Crippen molar-refractivity contribution >= 4 is 5.91 Å². The Balaban J connectivity index is 1.60. The standard InChI is InChI=1S/C18H19N5O/c1-2-15-14-11-23(9-6-16(14)22-21-15)18(24)13-5-3-4-12(10-13)17-19-7-8-20-17/h3-5,7-8,10H,2,6,9,11H2,1H3,(H,19,20)(H,21,22). The summed E-state index contributed by atoms with van der Waals surface area (Å²) in [4.78, 5) is 22.1. The van der Waals surface area contributed by atoms with E-state index in [4.69, 9.17) is 0 Å². The van der Waals surface area contributed by atoms with E-state index in [9.17, 15) is 4.79 Å². The molecule has 0 unspecified atom stereocenters. The van der Waals surface area contributed by atoms with Crippen LogP contribution in [0.2, 0.25) is 0 Å². The maximum atomic E-state index is 12.9. The van der Waals surface area contributed by atoms with Crippen LogP contribution in [0, 0.1) is 0 Å². The summed E-state index contributed by atoms with van der Waals surface area (Å²) >= 11 is 0. The van der Waals surface area contributed by atoms with Crippen molar-refractivity contribution in [2.24, 2.45) is 0 Å². The van der Waals surface area contributed by atoms with E-state index in [1.165, 1.54) is 11.3 Å². The summed E-state index contributed by atoms with van der Waals surface area (Å²) in [6.07, 6.45) is 5.19. The van der Waals surface area contributed by atoms with Gasteiger partial charge in [0.25, 0.3) is 5.91 Å². The lowest BCUT2D eigenvalue weighted by molar-refractivity contribution is 0.0734. The van der Waals surface area contributed by atoms with Gasteiger partial charge in [0, 0.05) is 54.3 Å². The molecule has 122 valence electrons. The van der Waals surface area contributed by atoms with Gasteiger partial charge in [0.1, 0.15) is 5.82 Å². The van der Waals surface area contributed by atoms with E-state index in [1.54, 1.807) is 12.4 Å². The Morgan fingerprint density at radius 2 is 2.29 bits per heavy atom. The van der Waals surface area contributed by atoms with Crippen LogP contribution in [-0.2, 0) is 19.4 Å². The van der Waals surface area contributed by atoms with Gasteiger partial charge in [0.15, 0.2) is 0 Å². The molecule has 6 heteroatoms. The smallest absolute Gasteiger partial charge is 0.254 e. The third-order valence-corrected chi connectivity index (χ3v) is 4.52. The summed E-state index contributed by atoms with van der Waals surface area (Å²) in [6, 6.07) is 7.61. The molecular formula is C18H19N5O. The number of fused-ring (bicyclic) bond motifs is 1. The van der Waals surface area contributed by atoms with Crippen molar-refractivity contribution in [1.29, 1.82) is 0 Å². The molecule has 0 aliphatic carbocycles. The maximum Gasteiger partial charge on any atom is 0.254 e. The molecule has 6 nitrogen and oxygen atoms in total. The third-order valence-electron chi connectivity index (χ3n) is 4.52. The molecule has 0 atom stereocenters. The Morgan fingerprint density at radius 3 is 3.08 bits per heavy atom. The number of carbonyl (C=O) groups is 1. The molecule has 2 N–H and O–H groups in total. The first kappa shape index (κ1) is 14.7. The first-order valence-corrected chi connectivity index (χ1v) is 8.20. The van der Waals surface area contributed by atoms with Crippen LogP contribution in [0.25, 0.3) is 11.4 Å². The molecule has 0 bridgehead atoms. The van der Waals surface area contributed by atoms with Gasteiger partial charge in [0.05, 0.1) is 5.69 Å². The normalized spacial score (nSPS) is 13.8. The van der Waals surface area contributed by atoms with E-state index < -0.39 is 0 Å². The van der Waals surface area contributed by atoms with Crippen molar-refractivity contribution in [1.82, 2.24) is 25.1 Å². The number of benzene rings is 1. The highest BCUT2D eigenvalue weighted by molar-refractivity contribution is 5.95. The second kappa shape index (κ2) is 5.96. The fourth-order valence-corrected chi connectivity index (χ4v) is 3.23. The van der Waals surface area contributed by atoms with E-state index in [1.807, 2.05) is 29.2 Å². The SMILES string of the molecule is CCc1n[nH]c2c1CN(C(=O)c1cccc(-c3ncc[nH]3)c1)CC2. The molecule has 1 aliphatic rings. The van der Waals surface area contributed by atoms with Crippen molar-refractivity contribution in [3.8, 4) is 11.4 Å². The highest BCUT2D eigenvalue weighted by Crippen LogP contribution is 2.23. The number of amides is 1. The number of hydrogen-bond acceptors (Lipinski definition) is 3. The number of aromatic amines is 2. The molecule has 4 rings (SSSR count). The van der Waals surface area contributed by atoms with Crippen molar-refractivity contribution in [2.45, 2.75) is 26.3 Å². The summed E-state index contributed by atoms with van der Waals surface area (Å²) in [5.74, 6) is 0.825. The molecule has 24 heavy (non-hydrogen) atoms. The number of nitrogens with one attached hydrogen (secondary N) is 2. The van der Waals surface area contributed by atoms with Gasteiger partial charge in [-0.2, -0.15) is 5.10 Å². The monoisotopic (exact) mass is 321 g/mol. The first-order chi connectivity index (χ1) is 11.8. The van der Waals surface area contributed by atoms with Crippen LogP contribution in [0.4, 0.5) is 0 Å². The molecule has 0 spiro atoms. The van der Waals surface area contributed by atoms with Gasteiger partial charge in [-0.3, -0.25) is 9.89 Å². The number of H-pyrrole nitrogens is 2. The van der Waals surface area contributed by atoms with Crippen LogP contribution >= 0.6 is 0 Å². The van der Waals surface area contributed by atoms with Crippen LogP contribution in [0.15, 0.2) is 36.7 Å². The van der Waals surface area contributed by atoms with E-state index in [2.05, 4.69) is 27.1 Å². The second-order valence-electron chi connectivity index (χ2n) is 5.98. The van der Waals surface area contributed by atoms with Gasteiger partial charge < -0.3 is 9.88 Å². The Bertz CT molecular complexity index is 852. The largest absolute Gasteiger partial charge is 0.345 e. The van der Waals surface area contributed by atoms with Gasteiger partial charge in [-0.05, 0) is 18.6 Å². The number of rotatable bonds is 3. The highest BCUT2D eigenvalue weighted by atomic mass is 16.2. The number of aromatic nitrogens is 4. The Kier molecular flexibility index (Phi) is 3.65. The molecular weight excluding hydrogens is 302 g/mol. The second-order valence-corrected chi connectivity index (χ2v) is 5.98. The van der Waals surface area contributed by atoms with Gasteiger partial charge in [-0.25, -0.2) is 4.98 Å². The molecule has 0 saturated heterocycles. The number of nitrogens with zero attached hydrogens (tertiary/aromatic N) is 3. The van der Waals surface area contributed by atoms with Crippen LogP contribution < -0.4 is 0 Å². The Hall–Kier alpha value is -2.89. The molecule has 2 aromatic heterocycles.